The van der Waals surface area contributed by atoms with Gasteiger partial charge >= 0.3 is 5.97 Å². The summed E-state index contributed by atoms with van der Waals surface area (Å²) in [6.07, 6.45) is -0.802. The predicted molar refractivity (Wildman–Crippen MR) is 145 cm³/mol. The van der Waals surface area contributed by atoms with Crippen LogP contribution in [0.15, 0.2) is 53.4 Å². The van der Waals surface area contributed by atoms with Gasteiger partial charge in [0.25, 0.3) is 0 Å². The standard InChI is InChI=1S/C30H34FNO5S/c1-18-10-12-21(13-11-18)26-20(3)25-17-32(38(35,36)23-9-7-8-22(31)16-23)15-14-24(25)19(2)27(26)28(29(33)34)37-30(4,5)6/h7-13,16,28H,14-15,17H2,1-6H3,(H,33,34). The quantitative estimate of drug-likeness (QED) is 0.409. The molecular weight excluding hydrogens is 505 g/mol. The Morgan fingerprint density at radius 3 is 2.26 bits per heavy atom. The lowest BCUT2D eigenvalue weighted by Gasteiger charge is -2.35. The van der Waals surface area contributed by atoms with Gasteiger partial charge in [0.05, 0.1) is 10.5 Å². The number of carboxylic acid groups (broad SMARTS) is 1. The zero-order chi connectivity index (χ0) is 28.0. The van der Waals surface area contributed by atoms with Gasteiger partial charge in [0.15, 0.2) is 6.10 Å². The molecule has 4 rings (SSSR count). The minimum Gasteiger partial charge on any atom is -0.479 e. The Labute approximate surface area is 224 Å². The molecule has 0 radical (unpaired) electrons. The molecule has 1 heterocycles. The van der Waals surface area contributed by atoms with Crippen molar-refractivity contribution in [1.82, 2.24) is 4.31 Å². The number of carbonyl (C=O) groups is 1. The molecule has 38 heavy (non-hydrogen) atoms. The van der Waals surface area contributed by atoms with Crippen LogP contribution in [0.25, 0.3) is 11.1 Å². The molecule has 0 bridgehead atoms. The number of halogens is 1. The van der Waals surface area contributed by atoms with E-state index in [2.05, 4.69) is 0 Å². The highest BCUT2D eigenvalue weighted by Gasteiger charge is 2.36. The SMILES string of the molecule is Cc1ccc(-c2c(C)c3c(c(C)c2C(OC(C)(C)C)C(=O)O)CCN(S(=O)(=O)c2cccc(F)c2)C3)cc1. The third-order valence-corrected chi connectivity index (χ3v) is 8.84. The fourth-order valence-corrected chi connectivity index (χ4v) is 6.63. The summed E-state index contributed by atoms with van der Waals surface area (Å²) in [6, 6.07) is 12.9. The Balaban J connectivity index is 1.93. The van der Waals surface area contributed by atoms with Gasteiger partial charge in [0.2, 0.25) is 10.0 Å². The third kappa shape index (κ3) is 5.39. The zero-order valence-corrected chi connectivity index (χ0v) is 23.4. The van der Waals surface area contributed by atoms with E-state index in [1.54, 1.807) is 0 Å². The molecule has 202 valence electrons. The predicted octanol–water partition coefficient (Wildman–Crippen LogP) is 6.11. The molecule has 6 nitrogen and oxygen atoms in total. The van der Waals surface area contributed by atoms with Crippen molar-refractivity contribution in [2.75, 3.05) is 6.54 Å². The molecule has 1 atom stereocenters. The van der Waals surface area contributed by atoms with Crippen LogP contribution in [0.1, 0.15) is 60.3 Å². The van der Waals surface area contributed by atoms with Crippen LogP contribution in [-0.4, -0.2) is 35.9 Å². The summed E-state index contributed by atoms with van der Waals surface area (Å²) in [7, 11) is -3.93. The number of ether oxygens (including phenoxy) is 1. The molecule has 0 amide bonds. The summed E-state index contributed by atoms with van der Waals surface area (Å²) in [4.78, 5) is 12.5. The zero-order valence-electron chi connectivity index (χ0n) is 22.6. The lowest BCUT2D eigenvalue weighted by atomic mass is 9.80. The van der Waals surface area contributed by atoms with Crippen LogP contribution in [0.5, 0.6) is 0 Å². The van der Waals surface area contributed by atoms with Crippen LogP contribution in [0, 0.1) is 26.6 Å². The Morgan fingerprint density at radius 2 is 1.68 bits per heavy atom. The summed E-state index contributed by atoms with van der Waals surface area (Å²) < 4.78 is 48.2. The van der Waals surface area contributed by atoms with Gasteiger partial charge in [0, 0.05) is 18.7 Å². The first-order chi connectivity index (χ1) is 17.7. The van der Waals surface area contributed by atoms with Crippen molar-refractivity contribution >= 4 is 16.0 Å². The molecule has 3 aromatic rings. The molecule has 0 saturated carbocycles. The number of aliphatic carboxylic acids is 1. The summed E-state index contributed by atoms with van der Waals surface area (Å²) >= 11 is 0. The fraction of sp³-hybridized carbons (Fsp3) is 0.367. The van der Waals surface area contributed by atoms with Crippen LogP contribution in [0.4, 0.5) is 4.39 Å². The van der Waals surface area contributed by atoms with Crippen molar-refractivity contribution in [2.24, 2.45) is 0 Å². The normalized spacial score (nSPS) is 15.2. The van der Waals surface area contributed by atoms with E-state index < -0.39 is 33.5 Å². The first-order valence-electron chi connectivity index (χ1n) is 12.6. The highest BCUT2D eigenvalue weighted by molar-refractivity contribution is 7.89. The topological polar surface area (TPSA) is 83.9 Å². The van der Waals surface area contributed by atoms with Crippen molar-refractivity contribution in [3.05, 3.63) is 87.7 Å². The number of sulfonamides is 1. The Bertz CT molecular complexity index is 1490. The summed E-state index contributed by atoms with van der Waals surface area (Å²) in [5, 5.41) is 10.3. The average molecular weight is 540 g/mol. The minimum atomic E-state index is -3.93. The lowest BCUT2D eigenvalue weighted by molar-refractivity contribution is -0.160. The first kappa shape index (κ1) is 28.0. The molecule has 0 spiro atoms. The maximum Gasteiger partial charge on any atom is 0.337 e. The highest BCUT2D eigenvalue weighted by atomic mass is 32.2. The molecule has 1 aliphatic rings. The van der Waals surface area contributed by atoms with Gasteiger partial charge in [-0.1, -0.05) is 35.9 Å². The number of hydrogen-bond acceptors (Lipinski definition) is 4. The van der Waals surface area contributed by atoms with Crippen molar-refractivity contribution in [1.29, 1.82) is 0 Å². The maximum atomic E-state index is 13.8. The minimum absolute atomic E-state index is 0.0878. The number of carboxylic acids is 1. The van der Waals surface area contributed by atoms with Gasteiger partial charge in [-0.05, 0) is 99.5 Å². The second kappa shape index (κ2) is 10.2. The van der Waals surface area contributed by atoms with Gasteiger partial charge in [-0.25, -0.2) is 17.6 Å². The van der Waals surface area contributed by atoms with Crippen molar-refractivity contribution in [3.8, 4) is 11.1 Å². The van der Waals surface area contributed by atoms with Gasteiger partial charge in [0.1, 0.15) is 5.82 Å². The van der Waals surface area contributed by atoms with Crippen molar-refractivity contribution in [2.45, 2.75) is 71.1 Å². The second-order valence-electron chi connectivity index (χ2n) is 10.9. The van der Waals surface area contributed by atoms with Gasteiger partial charge < -0.3 is 9.84 Å². The average Bonchev–Trinajstić information content (AvgIpc) is 2.84. The molecular formula is C30H34FNO5S. The monoisotopic (exact) mass is 539 g/mol. The Morgan fingerprint density at radius 1 is 1.03 bits per heavy atom. The van der Waals surface area contributed by atoms with E-state index in [-0.39, 0.29) is 18.0 Å². The number of hydrogen-bond donors (Lipinski definition) is 1. The van der Waals surface area contributed by atoms with Crippen molar-refractivity contribution in [3.63, 3.8) is 0 Å². The molecule has 1 aliphatic heterocycles. The van der Waals surface area contributed by atoms with Crippen LogP contribution in [0.3, 0.4) is 0 Å². The molecule has 3 aromatic carbocycles. The Hall–Kier alpha value is -3.07. The smallest absolute Gasteiger partial charge is 0.337 e. The van der Waals surface area contributed by atoms with Gasteiger partial charge in [-0.15, -0.1) is 0 Å². The van der Waals surface area contributed by atoms with Crippen molar-refractivity contribution < 1.29 is 27.4 Å². The number of nitrogens with zero attached hydrogens (tertiary/aromatic N) is 1. The van der Waals surface area contributed by atoms with Gasteiger partial charge in [-0.2, -0.15) is 4.31 Å². The van der Waals surface area contributed by atoms with E-state index in [9.17, 15) is 22.7 Å². The Kier molecular flexibility index (Phi) is 7.54. The van der Waals surface area contributed by atoms with E-state index >= 15 is 0 Å². The molecule has 0 aliphatic carbocycles. The van der Waals surface area contributed by atoms with Crippen LogP contribution >= 0.6 is 0 Å². The van der Waals surface area contributed by atoms with E-state index in [0.29, 0.717) is 12.0 Å². The lowest BCUT2D eigenvalue weighted by Crippen LogP contribution is -2.37. The summed E-state index contributed by atoms with van der Waals surface area (Å²) in [5.41, 5.74) is 5.90. The van der Waals surface area contributed by atoms with Crippen LogP contribution < -0.4 is 0 Å². The first-order valence-corrected chi connectivity index (χ1v) is 14.0. The summed E-state index contributed by atoms with van der Waals surface area (Å²) in [6.45, 7) is 11.6. The number of aryl methyl sites for hydroxylation is 1. The van der Waals surface area contributed by atoms with E-state index in [0.717, 1.165) is 45.0 Å². The highest BCUT2D eigenvalue weighted by Crippen LogP contribution is 2.43. The largest absolute Gasteiger partial charge is 0.479 e. The third-order valence-electron chi connectivity index (χ3n) is 7.00. The molecule has 0 fully saturated rings. The number of benzene rings is 3. The number of fused-ring (bicyclic) bond motifs is 1. The fourth-order valence-electron chi connectivity index (χ4n) is 5.19. The molecule has 0 saturated heterocycles. The van der Waals surface area contributed by atoms with Crippen LogP contribution in [-0.2, 0) is 32.5 Å². The summed E-state index contributed by atoms with van der Waals surface area (Å²) in [5.74, 6) is -1.69. The molecule has 8 heteroatoms. The van der Waals surface area contributed by atoms with E-state index in [1.165, 1.54) is 22.5 Å². The van der Waals surface area contributed by atoms with E-state index in [4.69, 9.17) is 4.74 Å². The number of rotatable bonds is 6. The van der Waals surface area contributed by atoms with Gasteiger partial charge in [-0.3, -0.25) is 0 Å². The molecule has 0 aromatic heterocycles. The maximum absolute atomic E-state index is 13.8. The van der Waals surface area contributed by atoms with E-state index in [1.807, 2.05) is 65.8 Å². The van der Waals surface area contributed by atoms with Crippen LogP contribution in [0.2, 0.25) is 0 Å². The molecule has 1 N–H and O–H groups in total. The molecule has 1 unspecified atom stereocenters. The second-order valence-corrected chi connectivity index (χ2v) is 12.8.